The number of alkyl halides is 1. The fraction of sp³-hybridized carbons (Fsp3) is 0.364. The Kier molecular flexibility index (Phi) is 7.58. The molecule has 3 rings (SSSR count). The Balaban J connectivity index is 1.93. The number of methoxy groups -OCH3 is 1. The molecular weight excluding hydrogens is 425 g/mol. The van der Waals surface area contributed by atoms with E-state index in [-0.39, 0.29) is 12.5 Å². The minimum Gasteiger partial charge on any atom is -0.495 e. The Morgan fingerprint density at radius 3 is 2.53 bits per heavy atom. The van der Waals surface area contributed by atoms with Gasteiger partial charge in [0.15, 0.2) is 5.50 Å². The van der Waals surface area contributed by atoms with Crippen molar-refractivity contribution in [2.45, 2.75) is 31.3 Å². The summed E-state index contributed by atoms with van der Waals surface area (Å²) in [5.74, 6) is -0.264. The Hall–Kier alpha value is -2.28. The average molecular weight is 450 g/mol. The number of rotatable bonds is 7. The molecule has 1 heterocycles. The maximum absolute atomic E-state index is 13.4. The number of carbonyl (C=O) groups excluding carboxylic acids is 2. The molecule has 8 heteroatoms. The molecule has 1 aliphatic heterocycles. The molecule has 30 heavy (non-hydrogen) atoms. The molecule has 0 spiro atoms. The first-order valence-electron chi connectivity index (χ1n) is 9.82. The van der Waals surface area contributed by atoms with Crippen LogP contribution >= 0.6 is 23.2 Å². The van der Waals surface area contributed by atoms with Crippen LogP contribution in [0.1, 0.15) is 35.2 Å². The summed E-state index contributed by atoms with van der Waals surface area (Å²) >= 11 is 12.9. The van der Waals surface area contributed by atoms with Gasteiger partial charge in [0.2, 0.25) is 5.91 Å². The van der Waals surface area contributed by atoms with Gasteiger partial charge in [0.1, 0.15) is 5.75 Å². The highest BCUT2D eigenvalue weighted by atomic mass is 35.5. The summed E-state index contributed by atoms with van der Waals surface area (Å²) in [5.41, 5.74) is 6.31. The number of nitrogens with two attached hydrogens (primary N) is 1. The topological polar surface area (TPSA) is 75.9 Å². The lowest BCUT2D eigenvalue weighted by Crippen LogP contribution is -2.47. The summed E-state index contributed by atoms with van der Waals surface area (Å²) in [6.07, 6.45) is 3.17. The van der Waals surface area contributed by atoms with E-state index in [4.69, 9.17) is 33.7 Å². The van der Waals surface area contributed by atoms with Crippen LogP contribution in [0.5, 0.6) is 5.75 Å². The van der Waals surface area contributed by atoms with Gasteiger partial charge in [-0.05, 0) is 48.7 Å². The molecule has 6 nitrogen and oxygen atoms in total. The zero-order valence-corrected chi connectivity index (χ0v) is 18.3. The number of ether oxygens (including phenoxy) is 1. The van der Waals surface area contributed by atoms with Crippen LogP contribution in [-0.4, -0.2) is 42.4 Å². The lowest BCUT2D eigenvalue weighted by Gasteiger charge is -2.33. The second kappa shape index (κ2) is 10.2. The van der Waals surface area contributed by atoms with Crippen LogP contribution in [0.4, 0.5) is 5.69 Å². The lowest BCUT2D eigenvalue weighted by atomic mass is 10.1. The predicted octanol–water partition coefficient (Wildman–Crippen LogP) is 4.03. The third-order valence-corrected chi connectivity index (χ3v) is 5.94. The molecule has 2 aromatic rings. The van der Waals surface area contributed by atoms with Crippen molar-refractivity contribution in [2.24, 2.45) is 5.73 Å². The number of primary amides is 1. The Morgan fingerprint density at radius 1 is 1.17 bits per heavy atom. The highest BCUT2D eigenvalue weighted by Gasteiger charge is 2.30. The van der Waals surface area contributed by atoms with Gasteiger partial charge in [-0.2, -0.15) is 0 Å². The molecule has 1 saturated heterocycles. The fourth-order valence-electron chi connectivity index (χ4n) is 3.54. The van der Waals surface area contributed by atoms with E-state index in [0.29, 0.717) is 22.0 Å². The van der Waals surface area contributed by atoms with Gasteiger partial charge in [-0.1, -0.05) is 41.8 Å². The van der Waals surface area contributed by atoms with Gasteiger partial charge in [0.05, 0.1) is 18.7 Å². The van der Waals surface area contributed by atoms with E-state index in [1.807, 2.05) is 11.0 Å². The Bertz CT molecular complexity index is 916. The summed E-state index contributed by atoms with van der Waals surface area (Å²) in [5, 5.41) is 0.451. The second-order valence-corrected chi connectivity index (χ2v) is 8.06. The van der Waals surface area contributed by atoms with Crippen LogP contribution in [0.25, 0.3) is 0 Å². The maximum atomic E-state index is 13.4. The van der Waals surface area contributed by atoms with Gasteiger partial charge in [-0.3, -0.25) is 14.5 Å². The van der Waals surface area contributed by atoms with Gasteiger partial charge >= 0.3 is 0 Å². The summed E-state index contributed by atoms with van der Waals surface area (Å²) in [6, 6.07) is 12.0. The van der Waals surface area contributed by atoms with Crippen LogP contribution in [0.2, 0.25) is 5.02 Å². The smallest absolute Gasteiger partial charge is 0.260 e. The standard InChI is InChI=1S/C22H25Cl2N3O3/c1-30-19-9-8-15(12-18(19)23)14-27(17-7-5-6-16(13-17)21(25)28)22(29)20(24)26-10-3-2-4-11-26/h5-9,12-13,20H,2-4,10-11,14H2,1H3,(H2,25,28). The van der Waals surface area contributed by atoms with E-state index in [1.54, 1.807) is 48.4 Å². The molecule has 0 aliphatic carbocycles. The maximum Gasteiger partial charge on any atom is 0.260 e. The number of hydrogen-bond acceptors (Lipinski definition) is 4. The molecule has 0 aromatic heterocycles. The van der Waals surface area contributed by atoms with Crippen LogP contribution in [0, 0.1) is 0 Å². The Morgan fingerprint density at radius 2 is 1.90 bits per heavy atom. The van der Waals surface area contributed by atoms with Crippen molar-refractivity contribution >= 4 is 40.7 Å². The zero-order chi connectivity index (χ0) is 21.7. The molecule has 1 unspecified atom stereocenters. The summed E-state index contributed by atoms with van der Waals surface area (Å²) in [4.78, 5) is 28.6. The molecule has 2 amide bonds. The van der Waals surface area contributed by atoms with Crippen molar-refractivity contribution in [1.82, 2.24) is 4.90 Å². The summed E-state index contributed by atoms with van der Waals surface area (Å²) in [6.45, 7) is 1.80. The van der Waals surface area contributed by atoms with Gasteiger partial charge in [0.25, 0.3) is 5.91 Å². The third-order valence-electron chi connectivity index (χ3n) is 5.18. The molecule has 1 aliphatic rings. The Labute approximate surface area is 186 Å². The van der Waals surface area contributed by atoms with E-state index in [1.165, 1.54) is 0 Å². The molecule has 0 saturated carbocycles. The highest BCUT2D eigenvalue weighted by molar-refractivity contribution is 6.33. The van der Waals surface area contributed by atoms with Crippen molar-refractivity contribution in [3.8, 4) is 5.75 Å². The van der Waals surface area contributed by atoms with E-state index in [0.717, 1.165) is 37.9 Å². The number of carbonyl (C=O) groups is 2. The van der Waals surface area contributed by atoms with Crippen molar-refractivity contribution in [2.75, 3.05) is 25.1 Å². The van der Waals surface area contributed by atoms with Crippen molar-refractivity contribution in [1.29, 1.82) is 0 Å². The first-order valence-corrected chi connectivity index (χ1v) is 10.6. The first-order chi connectivity index (χ1) is 14.4. The van der Waals surface area contributed by atoms with Crippen molar-refractivity contribution < 1.29 is 14.3 Å². The van der Waals surface area contributed by atoms with Crippen LogP contribution in [0.15, 0.2) is 42.5 Å². The number of nitrogens with zero attached hydrogens (tertiary/aromatic N) is 2. The molecule has 2 N–H and O–H groups in total. The molecule has 2 aromatic carbocycles. The number of piperidine rings is 1. The monoisotopic (exact) mass is 449 g/mol. The minimum atomic E-state index is -0.795. The molecule has 160 valence electrons. The predicted molar refractivity (Wildman–Crippen MR) is 119 cm³/mol. The molecule has 1 atom stereocenters. The molecular formula is C22H25Cl2N3O3. The number of amides is 2. The van der Waals surface area contributed by atoms with Crippen LogP contribution in [0.3, 0.4) is 0 Å². The van der Waals surface area contributed by atoms with Crippen molar-refractivity contribution in [3.05, 3.63) is 58.6 Å². The van der Waals surface area contributed by atoms with Crippen LogP contribution < -0.4 is 15.4 Å². The number of hydrogen-bond donors (Lipinski definition) is 1. The number of halogens is 2. The van der Waals surface area contributed by atoms with Gasteiger partial charge < -0.3 is 15.4 Å². The van der Waals surface area contributed by atoms with Crippen molar-refractivity contribution in [3.63, 3.8) is 0 Å². The first kappa shape index (κ1) is 22.4. The van der Waals surface area contributed by atoms with E-state index in [2.05, 4.69) is 0 Å². The molecule has 0 radical (unpaired) electrons. The number of likely N-dealkylation sites (tertiary alicyclic amines) is 1. The SMILES string of the molecule is COc1ccc(CN(C(=O)C(Cl)N2CCCCC2)c2cccc(C(N)=O)c2)cc1Cl. The van der Waals surface area contributed by atoms with E-state index >= 15 is 0 Å². The fourth-order valence-corrected chi connectivity index (χ4v) is 4.14. The normalized spacial score (nSPS) is 15.4. The third kappa shape index (κ3) is 5.25. The summed E-state index contributed by atoms with van der Waals surface area (Å²) < 4.78 is 5.21. The van der Waals surface area contributed by atoms with Gasteiger partial charge in [0, 0.05) is 24.3 Å². The molecule has 1 fully saturated rings. The largest absolute Gasteiger partial charge is 0.495 e. The van der Waals surface area contributed by atoms with Crippen LogP contribution in [-0.2, 0) is 11.3 Å². The number of anilines is 1. The zero-order valence-electron chi connectivity index (χ0n) is 16.8. The number of benzene rings is 2. The van der Waals surface area contributed by atoms with Gasteiger partial charge in [-0.25, -0.2) is 0 Å². The molecule has 0 bridgehead atoms. The van der Waals surface area contributed by atoms with E-state index in [9.17, 15) is 9.59 Å². The summed E-state index contributed by atoms with van der Waals surface area (Å²) in [7, 11) is 1.54. The second-order valence-electron chi connectivity index (χ2n) is 7.24. The quantitative estimate of drug-likeness (QED) is 0.511. The van der Waals surface area contributed by atoms with Gasteiger partial charge in [-0.15, -0.1) is 0 Å². The highest BCUT2D eigenvalue weighted by Crippen LogP contribution is 2.28. The minimum absolute atomic E-state index is 0.238. The average Bonchev–Trinajstić information content (AvgIpc) is 2.77. The van der Waals surface area contributed by atoms with E-state index < -0.39 is 11.4 Å². The lowest BCUT2D eigenvalue weighted by molar-refractivity contribution is -0.121.